The highest BCUT2D eigenvalue weighted by Gasteiger charge is 2.12. The summed E-state index contributed by atoms with van der Waals surface area (Å²) >= 11 is 9.01. The Labute approximate surface area is 133 Å². The summed E-state index contributed by atoms with van der Waals surface area (Å²) in [6.45, 7) is 0. The summed E-state index contributed by atoms with van der Waals surface area (Å²) in [5, 5.41) is 11.7. The normalized spacial score (nSPS) is 10.2. The van der Waals surface area contributed by atoms with Gasteiger partial charge in [0.15, 0.2) is 0 Å². The molecule has 4 N–H and O–H groups in total. The lowest BCUT2D eigenvalue weighted by Crippen LogP contribution is -2.12. The Bertz CT molecular complexity index is 734. The van der Waals surface area contributed by atoms with Gasteiger partial charge in [0.1, 0.15) is 0 Å². The van der Waals surface area contributed by atoms with Gasteiger partial charge < -0.3 is 16.2 Å². The van der Waals surface area contributed by atoms with Gasteiger partial charge in [-0.05, 0) is 52.3 Å². The van der Waals surface area contributed by atoms with E-state index in [1.54, 1.807) is 18.2 Å². The molecule has 0 aliphatic rings. The first-order chi connectivity index (χ1) is 9.88. The molecule has 0 saturated heterocycles. The molecule has 1 amide bonds. The molecule has 0 aliphatic carbocycles. The van der Waals surface area contributed by atoms with Crippen LogP contribution in [-0.2, 0) is 0 Å². The van der Waals surface area contributed by atoms with Crippen LogP contribution in [0.5, 0.6) is 0 Å². The fourth-order valence-electron chi connectivity index (χ4n) is 1.64. The summed E-state index contributed by atoms with van der Waals surface area (Å²) in [6, 6.07) is 9.00. The minimum Gasteiger partial charge on any atom is -0.478 e. The predicted octanol–water partition coefficient (Wildman–Crippen LogP) is 3.64. The van der Waals surface area contributed by atoms with Gasteiger partial charge in [0.25, 0.3) is 5.91 Å². The van der Waals surface area contributed by atoms with E-state index in [0.29, 0.717) is 21.4 Å². The molecule has 0 heterocycles. The van der Waals surface area contributed by atoms with Gasteiger partial charge >= 0.3 is 5.97 Å². The van der Waals surface area contributed by atoms with Crippen LogP contribution in [0.25, 0.3) is 0 Å². The van der Waals surface area contributed by atoms with Gasteiger partial charge in [-0.2, -0.15) is 0 Å². The second-order valence-electron chi connectivity index (χ2n) is 4.19. The topological polar surface area (TPSA) is 92.4 Å². The zero-order valence-electron chi connectivity index (χ0n) is 10.6. The Kier molecular flexibility index (Phi) is 4.50. The highest BCUT2D eigenvalue weighted by molar-refractivity contribution is 9.10. The van der Waals surface area contributed by atoms with E-state index >= 15 is 0 Å². The number of hydrogen-bond donors (Lipinski definition) is 3. The third-order valence-corrected chi connectivity index (χ3v) is 3.73. The number of nitrogen functional groups attached to an aromatic ring is 1. The molecule has 2 aromatic rings. The van der Waals surface area contributed by atoms with E-state index in [1.807, 2.05) is 0 Å². The van der Waals surface area contributed by atoms with Crippen molar-refractivity contribution in [2.45, 2.75) is 0 Å². The molecule has 0 atom stereocenters. The second kappa shape index (κ2) is 6.15. The maximum atomic E-state index is 12.1. The fraction of sp³-hybridized carbons (Fsp3) is 0. The Morgan fingerprint density at radius 3 is 2.52 bits per heavy atom. The van der Waals surface area contributed by atoms with Gasteiger partial charge in [0.2, 0.25) is 0 Å². The Balaban J connectivity index is 2.25. The second-order valence-corrected chi connectivity index (χ2v) is 5.45. The molecular weight excluding hydrogens is 360 g/mol. The average molecular weight is 370 g/mol. The van der Waals surface area contributed by atoms with Crippen molar-refractivity contribution < 1.29 is 14.7 Å². The third-order valence-electron chi connectivity index (χ3n) is 2.72. The van der Waals surface area contributed by atoms with Crippen LogP contribution in [0.2, 0.25) is 5.02 Å². The van der Waals surface area contributed by atoms with Crippen molar-refractivity contribution in [3.8, 4) is 0 Å². The van der Waals surface area contributed by atoms with Crippen molar-refractivity contribution in [3.63, 3.8) is 0 Å². The predicted molar refractivity (Wildman–Crippen MR) is 84.9 cm³/mol. The number of halogens is 2. The fourth-order valence-corrected chi connectivity index (χ4v) is 2.22. The number of nitrogens with two attached hydrogens (primary N) is 1. The van der Waals surface area contributed by atoms with E-state index in [1.165, 1.54) is 18.2 Å². The van der Waals surface area contributed by atoms with E-state index in [9.17, 15) is 9.59 Å². The molecule has 21 heavy (non-hydrogen) atoms. The van der Waals surface area contributed by atoms with Gasteiger partial charge in [-0.3, -0.25) is 4.79 Å². The average Bonchev–Trinajstić information content (AvgIpc) is 2.43. The molecule has 7 heteroatoms. The SMILES string of the molecule is Nc1ccc(C(=O)Nc2ccc(Cl)c(C(=O)O)c2)cc1Br. The van der Waals surface area contributed by atoms with Crippen LogP contribution in [0.15, 0.2) is 40.9 Å². The number of benzene rings is 2. The summed E-state index contributed by atoms with van der Waals surface area (Å²) in [4.78, 5) is 23.1. The molecule has 5 nitrogen and oxygen atoms in total. The van der Waals surface area contributed by atoms with Gasteiger partial charge in [0, 0.05) is 21.4 Å². The number of carboxylic acid groups (broad SMARTS) is 1. The van der Waals surface area contributed by atoms with Crippen molar-refractivity contribution in [1.82, 2.24) is 0 Å². The van der Waals surface area contributed by atoms with Crippen LogP contribution in [-0.4, -0.2) is 17.0 Å². The van der Waals surface area contributed by atoms with E-state index in [4.69, 9.17) is 22.4 Å². The number of hydrogen-bond acceptors (Lipinski definition) is 3. The molecule has 0 fully saturated rings. The van der Waals surface area contributed by atoms with E-state index in [2.05, 4.69) is 21.2 Å². The summed E-state index contributed by atoms with van der Waals surface area (Å²) in [5.74, 6) is -1.54. The number of nitrogens with one attached hydrogen (secondary N) is 1. The number of carboxylic acids is 1. The number of anilines is 2. The standard InChI is InChI=1S/C14H10BrClN2O3/c15-10-5-7(1-4-12(10)17)13(19)18-8-2-3-11(16)9(6-8)14(20)21/h1-6H,17H2,(H,18,19)(H,20,21). The van der Waals surface area contributed by atoms with Crippen LogP contribution in [0.4, 0.5) is 11.4 Å². The smallest absolute Gasteiger partial charge is 0.337 e. The van der Waals surface area contributed by atoms with Crippen LogP contribution < -0.4 is 11.1 Å². The largest absolute Gasteiger partial charge is 0.478 e. The number of rotatable bonds is 3. The highest BCUT2D eigenvalue weighted by atomic mass is 79.9. The van der Waals surface area contributed by atoms with Gasteiger partial charge in [-0.15, -0.1) is 0 Å². The van der Waals surface area contributed by atoms with Crippen LogP contribution >= 0.6 is 27.5 Å². The van der Waals surface area contributed by atoms with Gasteiger partial charge in [-0.25, -0.2) is 4.79 Å². The minimum atomic E-state index is -1.16. The van der Waals surface area contributed by atoms with Crippen LogP contribution in [0.1, 0.15) is 20.7 Å². The van der Waals surface area contributed by atoms with E-state index in [-0.39, 0.29) is 16.5 Å². The first-order valence-corrected chi connectivity index (χ1v) is 6.95. The molecule has 2 aromatic carbocycles. The highest BCUT2D eigenvalue weighted by Crippen LogP contribution is 2.23. The maximum absolute atomic E-state index is 12.1. The number of carbonyl (C=O) groups is 2. The van der Waals surface area contributed by atoms with Crippen molar-refractivity contribution >= 4 is 50.8 Å². The summed E-state index contributed by atoms with van der Waals surface area (Å²) in [6.07, 6.45) is 0. The zero-order valence-corrected chi connectivity index (χ0v) is 12.9. The summed E-state index contributed by atoms with van der Waals surface area (Å²) < 4.78 is 0.609. The quantitative estimate of drug-likeness (QED) is 0.720. The Morgan fingerprint density at radius 2 is 1.90 bits per heavy atom. The first kappa shape index (κ1) is 15.3. The molecule has 0 aromatic heterocycles. The number of aromatic carboxylic acids is 1. The molecule has 108 valence electrons. The molecular formula is C14H10BrClN2O3. The molecule has 2 rings (SSSR count). The molecule has 0 radical (unpaired) electrons. The lowest BCUT2D eigenvalue weighted by molar-refractivity contribution is 0.0696. The molecule has 0 saturated carbocycles. The minimum absolute atomic E-state index is 0.0760. The summed E-state index contributed by atoms with van der Waals surface area (Å²) in [5.41, 5.74) is 6.83. The molecule has 0 spiro atoms. The number of carbonyl (C=O) groups excluding carboxylic acids is 1. The van der Waals surface area contributed by atoms with Crippen molar-refractivity contribution in [1.29, 1.82) is 0 Å². The lowest BCUT2D eigenvalue weighted by atomic mass is 10.1. The Hall–Kier alpha value is -2.05. The van der Waals surface area contributed by atoms with Gasteiger partial charge in [0.05, 0.1) is 10.6 Å². The molecule has 0 bridgehead atoms. The molecule has 0 unspecified atom stereocenters. The maximum Gasteiger partial charge on any atom is 0.337 e. The Morgan fingerprint density at radius 1 is 1.19 bits per heavy atom. The molecule has 0 aliphatic heterocycles. The van der Waals surface area contributed by atoms with Crippen molar-refractivity contribution in [3.05, 3.63) is 57.0 Å². The summed E-state index contributed by atoms with van der Waals surface area (Å²) in [7, 11) is 0. The van der Waals surface area contributed by atoms with Gasteiger partial charge in [-0.1, -0.05) is 11.6 Å². The van der Waals surface area contributed by atoms with Crippen molar-refractivity contribution in [2.75, 3.05) is 11.1 Å². The zero-order chi connectivity index (χ0) is 15.6. The lowest BCUT2D eigenvalue weighted by Gasteiger charge is -2.08. The van der Waals surface area contributed by atoms with Crippen molar-refractivity contribution in [2.24, 2.45) is 0 Å². The first-order valence-electron chi connectivity index (χ1n) is 5.77. The van der Waals surface area contributed by atoms with E-state index in [0.717, 1.165) is 0 Å². The monoisotopic (exact) mass is 368 g/mol. The number of amides is 1. The van der Waals surface area contributed by atoms with Crippen LogP contribution in [0.3, 0.4) is 0 Å². The van der Waals surface area contributed by atoms with Crippen LogP contribution in [0, 0.1) is 0 Å². The van der Waals surface area contributed by atoms with E-state index < -0.39 is 5.97 Å². The third kappa shape index (κ3) is 3.53.